The van der Waals surface area contributed by atoms with E-state index < -0.39 is 5.97 Å². The molecule has 0 fully saturated rings. The Bertz CT molecular complexity index is 794. The average Bonchev–Trinajstić information content (AvgIpc) is 2.51. The minimum atomic E-state index is -0.923. The minimum Gasteiger partial charge on any atom is -0.478 e. The number of carbonyl (C=O) groups is 1. The van der Waals surface area contributed by atoms with Crippen LogP contribution in [0, 0.1) is 0 Å². The molecule has 0 amide bonds. The molecule has 0 radical (unpaired) electrons. The quantitative estimate of drug-likeness (QED) is 0.882. The van der Waals surface area contributed by atoms with E-state index in [1.807, 2.05) is 0 Å². The highest BCUT2D eigenvalue weighted by Gasteiger charge is 2.20. The Morgan fingerprint density at radius 3 is 2.87 bits per heavy atom. The van der Waals surface area contributed by atoms with Crippen LogP contribution in [0.2, 0.25) is 0 Å². The van der Waals surface area contributed by atoms with Gasteiger partial charge in [0.1, 0.15) is 0 Å². The number of carboxylic acid groups (broad SMARTS) is 1. The molecule has 1 aromatic heterocycles. The molecule has 4 heteroatoms. The summed E-state index contributed by atoms with van der Waals surface area (Å²) in [6.07, 6.45) is 3.86. The van der Waals surface area contributed by atoms with E-state index in [4.69, 9.17) is 10.1 Å². The molecular weight excluding hydrogens is 288 g/mol. The van der Waals surface area contributed by atoms with Crippen LogP contribution in [0.3, 0.4) is 0 Å². The van der Waals surface area contributed by atoms with Gasteiger partial charge in [-0.15, -0.1) is 0 Å². The summed E-state index contributed by atoms with van der Waals surface area (Å²) < 4.78 is 0. The summed E-state index contributed by atoms with van der Waals surface area (Å²) in [6, 6.07) is 6.33. The highest BCUT2D eigenvalue weighted by atomic mass is 16.4. The number of aromatic nitrogens is 1. The first-order chi connectivity index (χ1) is 11.0. The maximum Gasteiger partial charge on any atom is 0.328 e. The van der Waals surface area contributed by atoms with Gasteiger partial charge < -0.3 is 10.0 Å². The highest BCUT2D eigenvalue weighted by Crippen LogP contribution is 2.30. The third-order valence-corrected chi connectivity index (χ3v) is 4.46. The van der Waals surface area contributed by atoms with E-state index in [9.17, 15) is 4.79 Å². The van der Waals surface area contributed by atoms with E-state index in [1.165, 1.54) is 11.6 Å². The molecule has 0 saturated carbocycles. The van der Waals surface area contributed by atoms with Gasteiger partial charge in [-0.25, -0.2) is 4.79 Å². The standard InChI is InChI=1S/C19H22N2O2/c1-12(2)13-4-6-17-15(10-13)14(5-7-19(22)23)16-11-21(3)9-8-18(16)20-17/h4-7,10,12H,8-9,11H2,1-3H3,(H,22,23)/b7-5+. The molecule has 0 spiro atoms. The second-order valence-corrected chi connectivity index (χ2v) is 6.54. The molecule has 1 aromatic carbocycles. The fourth-order valence-electron chi connectivity index (χ4n) is 3.13. The number of pyridine rings is 1. The van der Waals surface area contributed by atoms with Crippen molar-refractivity contribution in [2.75, 3.05) is 13.6 Å². The molecule has 0 aliphatic carbocycles. The zero-order valence-corrected chi connectivity index (χ0v) is 13.8. The number of rotatable bonds is 3. The number of carboxylic acids is 1. The molecule has 120 valence electrons. The predicted molar refractivity (Wildman–Crippen MR) is 92.5 cm³/mol. The molecule has 0 unspecified atom stereocenters. The molecule has 23 heavy (non-hydrogen) atoms. The monoisotopic (exact) mass is 310 g/mol. The van der Waals surface area contributed by atoms with Crippen molar-refractivity contribution in [2.45, 2.75) is 32.7 Å². The van der Waals surface area contributed by atoms with Crippen LogP contribution in [0.5, 0.6) is 0 Å². The van der Waals surface area contributed by atoms with Crippen LogP contribution in [0.15, 0.2) is 24.3 Å². The number of nitrogens with zero attached hydrogens (tertiary/aromatic N) is 2. The lowest BCUT2D eigenvalue weighted by molar-refractivity contribution is -0.131. The number of fused-ring (bicyclic) bond motifs is 2. The van der Waals surface area contributed by atoms with E-state index in [1.54, 1.807) is 6.08 Å². The smallest absolute Gasteiger partial charge is 0.328 e. The Morgan fingerprint density at radius 1 is 1.39 bits per heavy atom. The summed E-state index contributed by atoms with van der Waals surface area (Å²) in [5.41, 5.74) is 5.44. The number of likely N-dealkylation sites (N-methyl/N-ethyl adjacent to an activating group) is 1. The number of aliphatic carboxylic acids is 1. The summed E-state index contributed by atoms with van der Waals surface area (Å²) in [5.74, 6) is -0.498. The predicted octanol–water partition coefficient (Wildman–Crippen LogP) is 3.44. The summed E-state index contributed by atoms with van der Waals surface area (Å²) in [7, 11) is 2.09. The van der Waals surface area contributed by atoms with Crippen molar-refractivity contribution < 1.29 is 9.90 Å². The van der Waals surface area contributed by atoms with E-state index in [2.05, 4.69) is 44.0 Å². The number of hydrogen-bond acceptors (Lipinski definition) is 3. The van der Waals surface area contributed by atoms with Gasteiger partial charge >= 0.3 is 5.97 Å². The molecule has 2 aromatic rings. The van der Waals surface area contributed by atoms with Gasteiger partial charge in [-0.3, -0.25) is 4.98 Å². The average molecular weight is 310 g/mol. The van der Waals surface area contributed by atoms with Gasteiger partial charge in [-0.2, -0.15) is 0 Å². The van der Waals surface area contributed by atoms with Crippen molar-refractivity contribution >= 4 is 22.9 Å². The Labute approximate surface area is 136 Å². The minimum absolute atomic E-state index is 0.425. The fraction of sp³-hybridized carbons (Fsp3) is 0.368. The zero-order valence-electron chi connectivity index (χ0n) is 13.8. The molecule has 0 atom stereocenters. The highest BCUT2D eigenvalue weighted by molar-refractivity contribution is 5.94. The summed E-state index contributed by atoms with van der Waals surface area (Å²) in [4.78, 5) is 18.1. The Hall–Kier alpha value is -2.20. The lowest BCUT2D eigenvalue weighted by Crippen LogP contribution is -2.28. The van der Waals surface area contributed by atoms with Crippen molar-refractivity contribution in [1.29, 1.82) is 0 Å². The maximum atomic E-state index is 11.0. The summed E-state index contributed by atoms with van der Waals surface area (Å²) in [5, 5.41) is 10.1. The normalized spacial score (nSPS) is 15.5. The van der Waals surface area contributed by atoms with Gasteiger partial charge in [0.25, 0.3) is 0 Å². The van der Waals surface area contributed by atoms with Crippen LogP contribution in [-0.2, 0) is 17.8 Å². The Morgan fingerprint density at radius 2 is 2.17 bits per heavy atom. The van der Waals surface area contributed by atoms with Gasteiger partial charge in [0.05, 0.1) is 5.52 Å². The molecular formula is C19H22N2O2. The maximum absolute atomic E-state index is 11.0. The molecule has 0 bridgehead atoms. The van der Waals surface area contributed by atoms with Crippen molar-refractivity contribution in [3.05, 3.63) is 46.7 Å². The van der Waals surface area contributed by atoms with Gasteiger partial charge in [0.15, 0.2) is 0 Å². The van der Waals surface area contributed by atoms with Crippen molar-refractivity contribution in [2.24, 2.45) is 0 Å². The third kappa shape index (κ3) is 3.13. The van der Waals surface area contributed by atoms with Gasteiger partial charge in [-0.05, 0) is 47.9 Å². The van der Waals surface area contributed by atoms with E-state index in [-0.39, 0.29) is 0 Å². The number of benzene rings is 1. The molecule has 2 heterocycles. The SMILES string of the molecule is CC(C)c1ccc2nc3c(c(/C=C/C(=O)O)c2c1)CN(C)CC3. The van der Waals surface area contributed by atoms with Crippen LogP contribution >= 0.6 is 0 Å². The van der Waals surface area contributed by atoms with Crippen LogP contribution in [0.4, 0.5) is 0 Å². The van der Waals surface area contributed by atoms with Crippen molar-refractivity contribution in [1.82, 2.24) is 9.88 Å². The molecule has 3 rings (SSSR count). The van der Waals surface area contributed by atoms with Crippen LogP contribution < -0.4 is 0 Å². The summed E-state index contributed by atoms with van der Waals surface area (Å²) >= 11 is 0. The first-order valence-corrected chi connectivity index (χ1v) is 8.00. The zero-order chi connectivity index (χ0) is 16.6. The number of hydrogen-bond donors (Lipinski definition) is 1. The molecule has 0 saturated heterocycles. The van der Waals surface area contributed by atoms with E-state index in [0.29, 0.717) is 5.92 Å². The van der Waals surface area contributed by atoms with Crippen LogP contribution in [0.1, 0.15) is 42.1 Å². The van der Waals surface area contributed by atoms with E-state index in [0.717, 1.165) is 47.2 Å². The molecule has 4 nitrogen and oxygen atoms in total. The van der Waals surface area contributed by atoms with Crippen molar-refractivity contribution in [3.8, 4) is 0 Å². The first-order valence-electron chi connectivity index (χ1n) is 8.00. The Balaban J connectivity index is 2.28. The summed E-state index contributed by atoms with van der Waals surface area (Å²) in [6.45, 7) is 6.11. The first kappa shape index (κ1) is 15.7. The van der Waals surface area contributed by atoms with E-state index >= 15 is 0 Å². The van der Waals surface area contributed by atoms with Crippen LogP contribution in [-0.4, -0.2) is 34.6 Å². The topological polar surface area (TPSA) is 53.4 Å². The lowest BCUT2D eigenvalue weighted by atomic mass is 9.93. The second-order valence-electron chi connectivity index (χ2n) is 6.54. The fourth-order valence-corrected chi connectivity index (χ4v) is 3.13. The molecule has 1 aliphatic rings. The molecule has 1 N–H and O–H groups in total. The van der Waals surface area contributed by atoms with Gasteiger partial charge in [0, 0.05) is 36.7 Å². The lowest BCUT2D eigenvalue weighted by Gasteiger charge is -2.26. The Kier molecular flexibility index (Phi) is 4.18. The van der Waals surface area contributed by atoms with Gasteiger partial charge in [0.2, 0.25) is 0 Å². The largest absolute Gasteiger partial charge is 0.478 e. The van der Waals surface area contributed by atoms with Crippen LogP contribution in [0.25, 0.3) is 17.0 Å². The molecule has 1 aliphatic heterocycles. The second kappa shape index (κ2) is 6.13. The third-order valence-electron chi connectivity index (χ3n) is 4.46. The van der Waals surface area contributed by atoms with Gasteiger partial charge in [-0.1, -0.05) is 19.9 Å². The van der Waals surface area contributed by atoms with Crippen molar-refractivity contribution in [3.63, 3.8) is 0 Å².